The standard InChI is InChI=1S/C20H34N6O7/c1-9(16(28)24-11(3)18(30)26-13(5)20(32)33)22-15(27)10(2)23-17(29)12(4)25-19(31)14-7-6-8-21-14/h9-14,21H,6-8H2,1-5H3,(H,22,27)(H,23,29)(H,24,28)(H,25,31)(H,26,30)(H,32,33)/t9-,10-,11-,12-,13-,14-/m0/s1. The highest BCUT2D eigenvalue weighted by molar-refractivity contribution is 5.95. The van der Waals surface area contributed by atoms with Crippen LogP contribution in [0.4, 0.5) is 0 Å². The smallest absolute Gasteiger partial charge is 0.325 e. The molecule has 0 spiro atoms. The lowest BCUT2D eigenvalue weighted by molar-refractivity contribution is -0.141. The van der Waals surface area contributed by atoms with E-state index in [-0.39, 0.29) is 11.9 Å². The molecule has 0 bridgehead atoms. The number of nitrogens with one attached hydrogen (secondary N) is 6. The molecule has 0 aliphatic carbocycles. The van der Waals surface area contributed by atoms with Crippen LogP contribution in [-0.4, -0.2) is 83.4 Å². The summed E-state index contributed by atoms with van der Waals surface area (Å²) in [5, 5.41) is 23.9. The van der Waals surface area contributed by atoms with Crippen molar-refractivity contribution in [3.63, 3.8) is 0 Å². The van der Waals surface area contributed by atoms with E-state index >= 15 is 0 Å². The van der Waals surface area contributed by atoms with Crippen LogP contribution in [0, 0.1) is 0 Å². The van der Waals surface area contributed by atoms with Crippen molar-refractivity contribution in [1.29, 1.82) is 0 Å². The minimum atomic E-state index is -1.22. The molecule has 1 heterocycles. The van der Waals surface area contributed by atoms with E-state index in [2.05, 4.69) is 31.9 Å². The number of hydrogen-bond donors (Lipinski definition) is 7. The number of carbonyl (C=O) groups is 6. The van der Waals surface area contributed by atoms with Crippen molar-refractivity contribution in [2.75, 3.05) is 6.54 Å². The third-order valence-corrected chi connectivity index (χ3v) is 5.11. The van der Waals surface area contributed by atoms with Gasteiger partial charge in [-0.2, -0.15) is 0 Å². The van der Waals surface area contributed by atoms with Crippen molar-refractivity contribution in [3.8, 4) is 0 Å². The van der Waals surface area contributed by atoms with E-state index in [4.69, 9.17) is 5.11 Å². The van der Waals surface area contributed by atoms with Gasteiger partial charge < -0.3 is 37.0 Å². The van der Waals surface area contributed by atoms with Crippen LogP contribution in [0.15, 0.2) is 0 Å². The fourth-order valence-electron chi connectivity index (χ4n) is 2.90. The molecule has 0 aromatic carbocycles. The molecule has 1 rings (SSSR count). The summed E-state index contributed by atoms with van der Waals surface area (Å²) in [5.74, 6) is -4.06. The van der Waals surface area contributed by atoms with Gasteiger partial charge in [0.2, 0.25) is 29.5 Å². The average molecular weight is 471 g/mol. The minimum Gasteiger partial charge on any atom is -0.480 e. The molecule has 1 fully saturated rings. The van der Waals surface area contributed by atoms with Gasteiger partial charge in [-0.15, -0.1) is 0 Å². The topological polar surface area (TPSA) is 195 Å². The second-order valence-corrected chi connectivity index (χ2v) is 8.14. The molecule has 13 nitrogen and oxygen atoms in total. The molecule has 33 heavy (non-hydrogen) atoms. The molecule has 6 atom stereocenters. The van der Waals surface area contributed by atoms with E-state index < -0.39 is 59.8 Å². The number of amides is 5. The fourth-order valence-corrected chi connectivity index (χ4v) is 2.90. The Balaban J connectivity index is 2.46. The van der Waals surface area contributed by atoms with Gasteiger partial charge in [-0.05, 0) is 54.0 Å². The molecular weight excluding hydrogens is 436 g/mol. The van der Waals surface area contributed by atoms with Crippen LogP contribution in [0.2, 0.25) is 0 Å². The zero-order valence-electron chi connectivity index (χ0n) is 19.5. The lowest BCUT2D eigenvalue weighted by atomic mass is 10.2. The van der Waals surface area contributed by atoms with E-state index in [1.54, 1.807) is 0 Å². The number of carbonyl (C=O) groups excluding carboxylic acids is 5. The molecule has 186 valence electrons. The molecule has 7 N–H and O–H groups in total. The van der Waals surface area contributed by atoms with Gasteiger partial charge in [0.1, 0.15) is 30.2 Å². The first-order valence-electron chi connectivity index (χ1n) is 10.8. The summed E-state index contributed by atoms with van der Waals surface area (Å²) in [6, 6.07) is -5.38. The second kappa shape index (κ2) is 12.7. The number of aliphatic carboxylic acids is 1. The van der Waals surface area contributed by atoms with E-state index in [9.17, 15) is 28.8 Å². The summed E-state index contributed by atoms with van der Waals surface area (Å²) in [6.07, 6.45) is 1.57. The summed E-state index contributed by atoms with van der Waals surface area (Å²) >= 11 is 0. The van der Waals surface area contributed by atoms with Crippen LogP contribution in [0.3, 0.4) is 0 Å². The summed E-state index contributed by atoms with van der Waals surface area (Å²) in [4.78, 5) is 71.7. The van der Waals surface area contributed by atoms with Crippen LogP contribution >= 0.6 is 0 Å². The van der Waals surface area contributed by atoms with Crippen molar-refractivity contribution in [2.45, 2.75) is 83.7 Å². The molecule has 0 aromatic rings. The summed E-state index contributed by atoms with van der Waals surface area (Å²) in [5.41, 5.74) is 0. The maximum atomic E-state index is 12.3. The third-order valence-electron chi connectivity index (χ3n) is 5.11. The van der Waals surface area contributed by atoms with Crippen molar-refractivity contribution in [2.24, 2.45) is 0 Å². The van der Waals surface area contributed by atoms with Gasteiger partial charge in [-0.25, -0.2) is 0 Å². The lowest BCUT2D eigenvalue weighted by Crippen LogP contribution is -2.57. The van der Waals surface area contributed by atoms with Crippen LogP contribution in [0.25, 0.3) is 0 Å². The molecule has 0 radical (unpaired) electrons. The highest BCUT2D eigenvalue weighted by atomic mass is 16.4. The van der Waals surface area contributed by atoms with Crippen molar-refractivity contribution in [3.05, 3.63) is 0 Å². The van der Waals surface area contributed by atoms with E-state index in [1.165, 1.54) is 34.6 Å². The van der Waals surface area contributed by atoms with Crippen molar-refractivity contribution >= 4 is 35.5 Å². The predicted octanol–water partition coefficient (Wildman–Crippen LogP) is -2.65. The first kappa shape index (κ1) is 27.8. The first-order valence-corrected chi connectivity index (χ1v) is 10.8. The molecule has 13 heteroatoms. The minimum absolute atomic E-state index is 0.284. The van der Waals surface area contributed by atoms with Gasteiger partial charge in [0.05, 0.1) is 6.04 Å². The van der Waals surface area contributed by atoms with Crippen molar-refractivity contribution < 1.29 is 33.9 Å². The molecular formula is C20H34N6O7. The maximum Gasteiger partial charge on any atom is 0.325 e. The maximum absolute atomic E-state index is 12.3. The fraction of sp³-hybridized carbons (Fsp3) is 0.700. The van der Waals surface area contributed by atoms with Crippen LogP contribution in [0.5, 0.6) is 0 Å². The summed E-state index contributed by atoms with van der Waals surface area (Å²) < 4.78 is 0. The largest absolute Gasteiger partial charge is 0.480 e. The van der Waals surface area contributed by atoms with E-state index in [0.717, 1.165) is 13.0 Å². The Bertz CT molecular complexity index is 768. The Hall–Kier alpha value is -3.22. The molecule has 0 aromatic heterocycles. The first-order chi connectivity index (χ1) is 15.3. The highest BCUT2D eigenvalue weighted by Gasteiger charge is 2.28. The Labute approximate surface area is 192 Å². The lowest BCUT2D eigenvalue weighted by Gasteiger charge is -2.22. The molecule has 0 saturated carbocycles. The normalized spacial score (nSPS) is 19.7. The van der Waals surface area contributed by atoms with Gasteiger partial charge in [0.25, 0.3) is 0 Å². The number of carboxylic acids is 1. The molecule has 1 aliphatic rings. The SMILES string of the molecule is C[C@H](NC(=O)[C@H](C)NC(=O)[C@H](C)NC(=O)[C@H](C)NC(=O)[C@H](C)NC(=O)[C@@H]1CCCN1)C(=O)O. The van der Waals surface area contributed by atoms with E-state index in [0.29, 0.717) is 6.42 Å². The third kappa shape index (κ3) is 9.04. The Morgan fingerprint density at radius 3 is 1.36 bits per heavy atom. The zero-order valence-corrected chi connectivity index (χ0v) is 19.5. The quantitative estimate of drug-likeness (QED) is 0.170. The van der Waals surface area contributed by atoms with Gasteiger partial charge >= 0.3 is 5.97 Å². The Kier molecular flexibility index (Phi) is 10.7. The average Bonchev–Trinajstić information content (AvgIpc) is 3.28. The van der Waals surface area contributed by atoms with Gasteiger partial charge in [0, 0.05) is 0 Å². The highest BCUT2D eigenvalue weighted by Crippen LogP contribution is 2.05. The number of carboxylic acid groups (broad SMARTS) is 1. The Morgan fingerprint density at radius 1 is 0.667 bits per heavy atom. The second-order valence-electron chi connectivity index (χ2n) is 8.14. The number of rotatable bonds is 11. The predicted molar refractivity (Wildman–Crippen MR) is 117 cm³/mol. The molecule has 1 saturated heterocycles. The molecule has 1 aliphatic heterocycles. The van der Waals surface area contributed by atoms with Crippen molar-refractivity contribution in [1.82, 2.24) is 31.9 Å². The number of hydrogen-bond acceptors (Lipinski definition) is 7. The van der Waals surface area contributed by atoms with Crippen LogP contribution in [0.1, 0.15) is 47.5 Å². The van der Waals surface area contributed by atoms with Gasteiger partial charge in [0.15, 0.2) is 0 Å². The van der Waals surface area contributed by atoms with Crippen LogP contribution < -0.4 is 31.9 Å². The van der Waals surface area contributed by atoms with E-state index in [1.807, 2.05) is 0 Å². The molecule has 0 unspecified atom stereocenters. The summed E-state index contributed by atoms with van der Waals surface area (Å²) in [7, 11) is 0. The van der Waals surface area contributed by atoms with Crippen LogP contribution in [-0.2, 0) is 28.8 Å². The summed E-state index contributed by atoms with van der Waals surface area (Å²) in [6.45, 7) is 7.71. The zero-order chi connectivity index (χ0) is 25.3. The van der Waals surface area contributed by atoms with Gasteiger partial charge in [-0.1, -0.05) is 0 Å². The van der Waals surface area contributed by atoms with Gasteiger partial charge in [-0.3, -0.25) is 28.8 Å². The molecule has 5 amide bonds. The Morgan fingerprint density at radius 2 is 1.03 bits per heavy atom. The monoisotopic (exact) mass is 470 g/mol.